The number of halogens is 1. The number of carbonyl (C=O) groups excluding carboxylic acids is 1. The van der Waals surface area contributed by atoms with Crippen LogP contribution in [-0.2, 0) is 10.8 Å². The van der Waals surface area contributed by atoms with E-state index in [2.05, 4.69) is 5.32 Å². The molecule has 0 bridgehead atoms. The topological polar surface area (TPSA) is 98.2 Å². The van der Waals surface area contributed by atoms with Gasteiger partial charge in [0.05, 0.1) is 22.2 Å². The fraction of sp³-hybridized carbons (Fsp3) is 0.136. The molecular weight excluding hydrogens is 389 g/mol. The predicted molar refractivity (Wildman–Crippen MR) is 116 cm³/mol. The SMILES string of the molecule is NCCCS(=O)c1ccc(C(=O)Nc2cc(-c3ccc(F)cc3)ccc2N)cc1. The van der Waals surface area contributed by atoms with Crippen LogP contribution in [-0.4, -0.2) is 22.4 Å². The van der Waals surface area contributed by atoms with E-state index in [0.717, 1.165) is 11.1 Å². The molecule has 3 aromatic carbocycles. The van der Waals surface area contributed by atoms with E-state index in [1.807, 2.05) is 6.07 Å². The van der Waals surface area contributed by atoms with Gasteiger partial charge in [-0.05, 0) is 72.6 Å². The largest absolute Gasteiger partial charge is 0.397 e. The number of anilines is 2. The van der Waals surface area contributed by atoms with Gasteiger partial charge in [-0.2, -0.15) is 0 Å². The van der Waals surface area contributed by atoms with Gasteiger partial charge in [-0.3, -0.25) is 9.00 Å². The van der Waals surface area contributed by atoms with E-state index in [9.17, 15) is 13.4 Å². The van der Waals surface area contributed by atoms with E-state index in [-0.39, 0.29) is 11.7 Å². The van der Waals surface area contributed by atoms with E-state index < -0.39 is 10.8 Å². The molecule has 0 aliphatic heterocycles. The zero-order valence-electron chi connectivity index (χ0n) is 15.7. The lowest BCUT2D eigenvalue weighted by molar-refractivity contribution is 0.102. The normalized spacial score (nSPS) is 11.8. The van der Waals surface area contributed by atoms with Crippen LogP contribution in [0, 0.1) is 5.82 Å². The van der Waals surface area contributed by atoms with Crippen LogP contribution in [0.2, 0.25) is 0 Å². The van der Waals surface area contributed by atoms with Crippen LogP contribution in [0.4, 0.5) is 15.8 Å². The first-order valence-corrected chi connectivity index (χ1v) is 10.4. The smallest absolute Gasteiger partial charge is 0.255 e. The molecule has 0 spiro atoms. The van der Waals surface area contributed by atoms with Gasteiger partial charge < -0.3 is 16.8 Å². The molecule has 3 aromatic rings. The molecular formula is C22H22FN3O2S. The van der Waals surface area contributed by atoms with Crippen LogP contribution in [0.25, 0.3) is 11.1 Å². The molecule has 3 rings (SSSR count). The Hall–Kier alpha value is -3.03. The number of hydrogen-bond donors (Lipinski definition) is 3. The Morgan fingerprint density at radius 1 is 0.966 bits per heavy atom. The number of amides is 1. The fourth-order valence-electron chi connectivity index (χ4n) is 2.77. The monoisotopic (exact) mass is 411 g/mol. The zero-order chi connectivity index (χ0) is 20.8. The quantitative estimate of drug-likeness (QED) is 0.515. The summed E-state index contributed by atoms with van der Waals surface area (Å²) >= 11 is 0. The number of rotatable bonds is 7. The highest BCUT2D eigenvalue weighted by molar-refractivity contribution is 7.85. The molecule has 1 unspecified atom stereocenters. The van der Waals surface area contributed by atoms with Crippen LogP contribution in [0.5, 0.6) is 0 Å². The lowest BCUT2D eigenvalue weighted by Gasteiger charge is -2.11. The van der Waals surface area contributed by atoms with Crippen LogP contribution >= 0.6 is 0 Å². The minimum Gasteiger partial charge on any atom is -0.397 e. The van der Waals surface area contributed by atoms with Gasteiger partial charge >= 0.3 is 0 Å². The van der Waals surface area contributed by atoms with Crippen molar-refractivity contribution in [2.45, 2.75) is 11.3 Å². The maximum atomic E-state index is 13.1. The average molecular weight is 412 g/mol. The van der Waals surface area contributed by atoms with Crippen molar-refractivity contribution in [3.63, 3.8) is 0 Å². The Labute approximate surface area is 171 Å². The molecule has 5 nitrogen and oxygen atoms in total. The Kier molecular flexibility index (Phi) is 6.74. The van der Waals surface area contributed by atoms with E-state index in [0.29, 0.717) is 40.6 Å². The number of benzene rings is 3. The predicted octanol–water partition coefficient (Wildman–Crippen LogP) is 3.78. The Morgan fingerprint density at radius 2 is 1.62 bits per heavy atom. The first-order chi connectivity index (χ1) is 14.0. The molecule has 29 heavy (non-hydrogen) atoms. The van der Waals surface area contributed by atoms with E-state index in [4.69, 9.17) is 11.5 Å². The third-order valence-electron chi connectivity index (χ3n) is 4.39. The van der Waals surface area contributed by atoms with E-state index in [1.54, 1.807) is 48.5 Å². The van der Waals surface area contributed by atoms with Gasteiger partial charge in [-0.15, -0.1) is 0 Å². The summed E-state index contributed by atoms with van der Waals surface area (Å²) in [5, 5.41) is 2.80. The number of nitrogen functional groups attached to an aromatic ring is 1. The summed E-state index contributed by atoms with van der Waals surface area (Å²) in [7, 11) is -1.13. The molecule has 0 aromatic heterocycles. The number of nitrogens with two attached hydrogens (primary N) is 2. The van der Waals surface area contributed by atoms with Crippen molar-refractivity contribution in [1.29, 1.82) is 0 Å². The second-order valence-corrected chi connectivity index (χ2v) is 8.05. The van der Waals surface area contributed by atoms with Crippen LogP contribution in [0.15, 0.2) is 71.6 Å². The molecule has 0 heterocycles. The molecule has 0 saturated heterocycles. The highest BCUT2D eigenvalue weighted by atomic mass is 32.2. The van der Waals surface area contributed by atoms with Crippen molar-refractivity contribution >= 4 is 28.1 Å². The minimum atomic E-state index is -1.13. The third kappa shape index (κ3) is 5.28. The van der Waals surface area contributed by atoms with Gasteiger partial charge in [0.2, 0.25) is 0 Å². The fourth-order valence-corrected chi connectivity index (χ4v) is 3.88. The lowest BCUT2D eigenvalue weighted by atomic mass is 10.0. The Bertz CT molecular complexity index is 1020. The van der Waals surface area contributed by atoms with Gasteiger partial charge in [0.15, 0.2) is 0 Å². The van der Waals surface area contributed by atoms with Gasteiger partial charge in [0, 0.05) is 16.2 Å². The van der Waals surface area contributed by atoms with Gasteiger partial charge in [-0.1, -0.05) is 18.2 Å². The molecule has 0 saturated carbocycles. The maximum Gasteiger partial charge on any atom is 0.255 e. The summed E-state index contributed by atoms with van der Waals surface area (Å²) in [6, 6.07) is 18.0. The molecule has 7 heteroatoms. The van der Waals surface area contributed by atoms with Crippen LogP contribution in [0.1, 0.15) is 16.8 Å². The first kappa shape index (κ1) is 20.7. The third-order valence-corrected chi connectivity index (χ3v) is 5.85. The summed E-state index contributed by atoms with van der Waals surface area (Å²) in [4.78, 5) is 13.3. The highest BCUT2D eigenvalue weighted by Crippen LogP contribution is 2.28. The summed E-state index contributed by atoms with van der Waals surface area (Å²) in [6.07, 6.45) is 0.679. The van der Waals surface area contributed by atoms with E-state index in [1.165, 1.54) is 12.1 Å². The summed E-state index contributed by atoms with van der Waals surface area (Å²) in [5.74, 6) is -0.147. The summed E-state index contributed by atoms with van der Waals surface area (Å²) < 4.78 is 25.3. The number of nitrogens with one attached hydrogen (secondary N) is 1. The lowest BCUT2D eigenvalue weighted by Crippen LogP contribution is -2.13. The highest BCUT2D eigenvalue weighted by Gasteiger charge is 2.11. The van der Waals surface area contributed by atoms with Crippen molar-refractivity contribution in [3.05, 3.63) is 78.1 Å². The summed E-state index contributed by atoms with van der Waals surface area (Å²) in [6.45, 7) is 0.491. The zero-order valence-corrected chi connectivity index (χ0v) is 16.5. The number of hydrogen-bond acceptors (Lipinski definition) is 4. The van der Waals surface area contributed by atoms with E-state index >= 15 is 0 Å². The van der Waals surface area contributed by atoms with Crippen molar-refractivity contribution in [3.8, 4) is 11.1 Å². The van der Waals surface area contributed by atoms with Crippen molar-refractivity contribution in [1.82, 2.24) is 0 Å². The second kappa shape index (κ2) is 9.45. The molecule has 1 amide bonds. The first-order valence-electron chi connectivity index (χ1n) is 9.13. The van der Waals surface area contributed by atoms with Crippen molar-refractivity contribution in [2.24, 2.45) is 5.73 Å². The molecule has 150 valence electrons. The minimum absolute atomic E-state index is 0.315. The molecule has 1 atom stereocenters. The molecule has 5 N–H and O–H groups in total. The van der Waals surface area contributed by atoms with Crippen molar-refractivity contribution < 1.29 is 13.4 Å². The van der Waals surface area contributed by atoms with Gasteiger partial charge in [-0.25, -0.2) is 4.39 Å². The molecule has 0 aliphatic carbocycles. The second-order valence-electron chi connectivity index (χ2n) is 6.48. The molecule has 0 radical (unpaired) electrons. The van der Waals surface area contributed by atoms with Gasteiger partial charge in [0.1, 0.15) is 5.82 Å². The van der Waals surface area contributed by atoms with Crippen LogP contribution < -0.4 is 16.8 Å². The summed E-state index contributed by atoms with van der Waals surface area (Å²) in [5.41, 5.74) is 14.4. The Morgan fingerprint density at radius 3 is 2.28 bits per heavy atom. The maximum absolute atomic E-state index is 13.1. The standard InChI is InChI=1S/C22H22FN3O2S/c23-18-7-2-15(3-8-18)17-6-11-20(25)21(14-17)26-22(27)16-4-9-19(10-5-16)29(28)13-1-12-24/h2-11,14H,1,12-13,24-25H2,(H,26,27). The average Bonchev–Trinajstić information content (AvgIpc) is 2.74. The van der Waals surface area contributed by atoms with Crippen LogP contribution in [0.3, 0.4) is 0 Å². The van der Waals surface area contributed by atoms with Crippen molar-refractivity contribution in [2.75, 3.05) is 23.3 Å². The Balaban J connectivity index is 1.75. The number of carbonyl (C=O) groups is 1. The molecule has 0 aliphatic rings. The van der Waals surface area contributed by atoms with Gasteiger partial charge in [0.25, 0.3) is 5.91 Å². The molecule has 0 fully saturated rings.